The van der Waals surface area contributed by atoms with Crippen LogP contribution < -0.4 is 0 Å². The molecule has 0 aromatic carbocycles. The third-order valence-electron chi connectivity index (χ3n) is 11.0. The molecule has 0 fully saturated rings. The highest BCUT2D eigenvalue weighted by Gasteiger charge is 2.19. The van der Waals surface area contributed by atoms with Gasteiger partial charge < -0.3 is 14.2 Å². The zero-order chi connectivity index (χ0) is 47.9. The van der Waals surface area contributed by atoms with E-state index in [-0.39, 0.29) is 31.1 Å². The Bertz CT molecular complexity index is 1370. The van der Waals surface area contributed by atoms with Crippen molar-refractivity contribution in [3.8, 4) is 0 Å². The maximum Gasteiger partial charge on any atom is 0.306 e. The van der Waals surface area contributed by atoms with Gasteiger partial charge in [0.1, 0.15) is 13.2 Å². The van der Waals surface area contributed by atoms with E-state index in [9.17, 15) is 14.4 Å². The van der Waals surface area contributed by atoms with Gasteiger partial charge in [-0.05, 0) is 103 Å². The Morgan fingerprint density at radius 3 is 1.00 bits per heavy atom. The summed E-state index contributed by atoms with van der Waals surface area (Å²) in [6.07, 6.45) is 72.2. The Hall–Kier alpha value is -3.93. The van der Waals surface area contributed by atoms with Gasteiger partial charge in [-0.15, -0.1) is 0 Å². The molecule has 0 aliphatic carbocycles. The van der Waals surface area contributed by atoms with Crippen LogP contribution in [0.2, 0.25) is 0 Å². The van der Waals surface area contributed by atoms with Crippen molar-refractivity contribution in [3.05, 3.63) is 109 Å². The summed E-state index contributed by atoms with van der Waals surface area (Å²) in [5, 5.41) is 0. The number of carbonyl (C=O) groups excluding carboxylic acids is 3. The predicted molar refractivity (Wildman–Crippen MR) is 283 cm³/mol. The minimum atomic E-state index is -0.798. The first kappa shape index (κ1) is 62.1. The molecule has 66 heavy (non-hydrogen) atoms. The zero-order valence-corrected chi connectivity index (χ0v) is 42.7. The molecule has 0 N–H and O–H groups in total. The molecule has 0 saturated heterocycles. The minimum absolute atomic E-state index is 0.0948. The van der Waals surface area contributed by atoms with Crippen molar-refractivity contribution in [2.45, 2.75) is 239 Å². The van der Waals surface area contributed by atoms with E-state index in [0.29, 0.717) is 19.3 Å². The summed E-state index contributed by atoms with van der Waals surface area (Å²) in [7, 11) is 0. The van der Waals surface area contributed by atoms with Gasteiger partial charge in [0.15, 0.2) is 6.10 Å². The van der Waals surface area contributed by atoms with Crippen molar-refractivity contribution >= 4 is 17.9 Å². The maximum absolute atomic E-state index is 12.8. The van der Waals surface area contributed by atoms with E-state index in [1.807, 2.05) is 0 Å². The van der Waals surface area contributed by atoms with Gasteiger partial charge in [0.2, 0.25) is 0 Å². The van der Waals surface area contributed by atoms with E-state index in [4.69, 9.17) is 14.2 Å². The highest BCUT2D eigenvalue weighted by Crippen LogP contribution is 2.14. The van der Waals surface area contributed by atoms with E-state index in [1.165, 1.54) is 51.4 Å². The topological polar surface area (TPSA) is 78.9 Å². The summed E-state index contributed by atoms with van der Waals surface area (Å²) in [5.41, 5.74) is 0. The number of carbonyl (C=O) groups is 3. The molecule has 0 aromatic heterocycles. The second kappa shape index (κ2) is 53.7. The number of esters is 3. The predicted octanol–water partition coefficient (Wildman–Crippen LogP) is 17.9. The molecule has 6 nitrogen and oxygen atoms in total. The van der Waals surface area contributed by atoms with Gasteiger partial charge in [0.25, 0.3) is 0 Å². The van der Waals surface area contributed by atoms with Crippen molar-refractivity contribution in [1.82, 2.24) is 0 Å². The molecule has 0 bridgehead atoms. The van der Waals surface area contributed by atoms with E-state index >= 15 is 0 Å². The molecule has 0 aromatic rings. The summed E-state index contributed by atoms with van der Waals surface area (Å²) in [6, 6.07) is 0. The van der Waals surface area contributed by atoms with Crippen LogP contribution >= 0.6 is 0 Å². The van der Waals surface area contributed by atoms with Gasteiger partial charge in [-0.2, -0.15) is 0 Å². The average Bonchev–Trinajstić information content (AvgIpc) is 3.31. The minimum Gasteiger partial charge on any atom is -0.462 e. The summed E-state index contributed by atoms with van der Waals surface area (Å²) >= 11 is 0. The Kier molecular flexibility index (Phi) is 50.5. The molecule has 1 unspecified atom stereocenters. The highest BCUT2D eigenvalue weighted by molar-refractivity contribution is 5.71. The van der Waals surface area contributed by atoms with Crippen LogP contribution in [-0.2, 0) is 28.6 Å². The molecule has 374 valence electrons. The molecular formula is C60H98O6. The number of ether oxygens (including phenoxy) is 3. The van der Waals surface area contributed by atoms with Crippen LogP contribution in [-0.4, -0.2) is 37.2 Å². The van der Waals surface area contributed by atoms with Crippen molar-refractivity contribution in [1.29, 1.82) is 0 Å². The molecule has 1 atom stereocenters. The summed E-state index contributed by atoms with van der Waals surface area (Å²) in [6.45, 7) is 6.39. The smallest absolute Gasteiger partial charge is 0.306 e. The number of hydrogen-bond donors (Lipinski definition) is 0. The highest BCUT2D eigenvalue weighted by atomic mass is 16.6. The molecular weight excluding hydrogens is 817 g/mol. The van der Waals surface area contributed by atoms with Crippen LogP contribution in [0.15, 0.2) is 109 Å². The molecule has 0 aliphatic rings. The van der Waals surface area contributed by atoms with Gasteiger partial charge in [-0.25, -0.2) is 0 Å². The quantitative estimate of drug-likeness (QED) is 0.0262. The number of rotatable bonds is 47. The Balaban J connectivity index is 4.38. The number of allylic oxidation sites excluding steroid dienone is 18. The first-order chi connectivity index (χ1) is 32.5. The van der Waals surface area contributed by atoms with Gasteiger partial charge in [0.05, 0.1) is 0 Å². The lowest BCUT2D eigenvalue weighted by Gasteiger charge is -2.18. The number of hydrogen-bond acceptors (Lipinski definition) is 6. The fourth-order valence-corrected chi connectivity index (χ4v) is 6.99. The SMILES string of the molecule is CC/C=C\C/C=C\C/C=C\C/C=C\C/C=C\C/C=C\C/C=C\CCCCCC(=O)OCC(COC(=O)CCCCCCCCCCCC)OC(=O)CCCCCCC/C=C\C/C=C\CCC. The maximum atomic E-state index is 12.8. The third-order valence-corrected chi connectivity index (χ3v) is 11.0. The standard InChI is InChI=1S/C60H98O6/c1-4-7-10-13-16-19-22-24-25-26-27-28-29-30-31-32-33-34-35-37-38-41-44-47-50-53-59(62)65-56-57(55-64-58(61)52-49-46-43-40-21-18-15-12-9-6-3)66-60(63)54-51-48-45-42-39-36-23-20-17-14-11-8-5-2/h7,10-11,14,16,19-20,23-25,27-28,30-31,33-34,37-38,57H,4-6,8-9,12-13,15,17-18,21-22,26,29,32,35-36,39-56H2,1-3H3/b10-7-,14-11-,19-16-,23-20-,25-24-,28-27-,31-30-,34-33-,38-37-. The van der Waals surface area contributed by atoms with Crippen LogP contribution in [0, 0.1) is 0 Å². The molecule has 0 heterocycles. The van der Waals surface area contributed by atoms with Crippen molar-refractivity contribution in [2.24, 2.45) is 0 Å². The molecule has 0 amide bonds. The van der Waals surface area contributed by atoms with Crippen molar-refractivity contribution in [2.75, 3.05) is 13.2 Å². The van der Waals surface area contributed by atoms with E-state index in [2.05, 4.69) is 130 Å². The largest absolute Gasteiger partial charge is 0.462 e. The summed E-state index contributed by atoms with van der Waals surface area (Å²) in [4.78, 5) is 37.9. The first-order valence-corrected chi connectivity index (χ1v) is 26.9. The lowest BCUT2D eigenvalue weighted by Crippen LogP contribution is -2.30. The number of unbranched alkanes of at least 4 members (excludes halogenated alkanes) is 18. The van der Waals surface area contributed by atoms with Crippen LogP contribution in [0.3, 0.4) is 0 Å². The van der Waals surface area contributed by atoms with Crippen molar-refractivity contribution < 1.29 is 28.6 Å². The second-order valence-corrected chi connectivity index (χ2v) is 17.4. The Morgan fingerprint density at radius 2 is 0.621 bits per heavy atom. The third kappa shape index (κ3) is 51.1. The fraction of sp³-hybridized carbons (Fsp3) is 0.650. The normalized spacial score (nSPS) is 13.0. The zero-order valence-electron chi connectivity index (χ0n) is 42.7. The van der Waals surface area contributed by atoms with E-state index in [0.717, 1.165) is 141 Å². The van der Waals surface area contributed by atoms with Crippen LogP contribution in [0.5, 0.6) is 0 Å². The van der Waals surface area contributed by atoms with Crippen LogP contribution in [0.4, 0.5) is 0 Å². The molecule has 0 aliphatic heterocycles. The van der Waals surface area contributed by atoms with Crippen LogP contribution in [0.1, 0.15) is 233 Å². The van der Waals surface area contributed by atoms with E-state index < -0.39 is 6.10 Å². The second-order valence-electron chi connectivity index (χ2n) is 17.4. The van der Waals surface area contributed by atoms with E-state index in [1.54, 1.807) is 0 Å². The van der Waals surface area contributed by atoms with Gasteiger partial charge in [-0.1, -0.05) is 220 Å². The van der Waals surface area contributed by atoms with Gasteiger partial charge in [0, 0.05) is 19.3 Å². The molecule has 0 spiro atoms. The molecule has 6 heteroatoms. The van der Waals surface area contributed by atoms with Gasteiger partial charge >= 0.3 is 17.9 Å². The Labute approximate surface area is 406 Å². The van der Waals surface area contributed by atoms with Crippen molar-refractivity contribution in [3.63, 3.8) is 0 Å². The molecule has 0 saturated carbocycles. The lowest BCUT2D eigenvalue weighted by atomic mass is 10.1. The Morgan fingerprint density at radius 1 is 0.318 bits per heavy atom. The fourth-order valence-electron chi connectivity index (χ4n) is 6.99. The van der Waals surface area contributed by atoms with Gasteiger partial charge in [-0.3, -0.25) is 14.4 Å². The lowest BCUT2D eigenvalue weighted by molar-refractivity contribution is -0.167. The summed E-state index contributed by atoms with van der Waals surface area (Å²) in [5.74, 6) is -0.949. The summed E-state index contributed by atoms with van der Waals surface area (Å²) < 4.78 is 16.7. The average molecular weight is 915 g/mol. The first-order valence-electron chi connectivity index (χ1n) is 26.9. The van der Waals surface area contributed by atoms with Crippen LogP contribution in [0.25, 0.3) is 0 Å². The molecule has 0 rings (SSSR count). The monoisotopic (exact) mass is 915 g/mol. The molecule has 0 radical (unpaired) electrons.